The van der Waals surface area contributed by atoms with Crippen LogP contribution in [0.2, 0.25) is 0 Å². The van der Waals surface area contributed by atoms with E-state index in [9.17, 15) is 15.1 Å². The number of hydrogen-bond donors (Lipinski definition) is 4. The van der Waals surface area contributed by atoms with E-state index in [0.29, 0.717) is 0 Å². The first-order valence-corrected chi connectivity index (χ1v) is 4.49. The van der Waals surface area contributed by atoms with E-state index < -0.39 is 30.8 Å². The molecular formula is C7H15N2O6+. The normalized spacial score (nSPS) is 38.7. The zero-order valence-corrected chi connectivity index (χ0v) is 8.02. The van der Waals surface area contributed by atoms with Crippen LogP contribution >= 0.6 is 0 Å². The lowest BCUT2D eigenvalue weighted by Gasteiger charge is -2.33. The summed E-state index contributed by atoms with van der Waals surface area (Å²) in [6.07, 6.45) is -4.41. The van der Waals surface area contributed by atoms with Gasteiger partial charge in [-0.25, -0.2) is 0 Å². The minimum absolute atomic E-state index is 0.103. The van der Waals surface area contributed by atoms with Gasteiger partial charge in [-0.3, -0.25) is 0 Å². The Balaban J connectivity index is 2.52. The summed E-state index contributed by atoms with van der Waals surface area (Å²) < 4.78 is 9.77. The second kappa shape index (κ2) is 5.45. The molecule has 1 saturated heterocycles. The summed E-state index contributed by atoms with van der Waals surface area (Å²) in [5.74, 6) is 0. The van der Waals surface area contributed by atoms with E-state index >= 15 is 0 Å². The van der Waals surface area contributed by atoms with E-state index in [0.717, 1.165) is 0 Å². The van der Waals surface area contributed by atoms with Gasteiger partial charge in [-0.1, -0.05) is 5.18 Å². The van der Waals surface area contributed by atoms with Gasteiger partial charge in [0, 0.05) is 0 Å². The maximum Gasteiger partial charge on any atom is 0.301 e. The molecule has 5 atom stereocenters. The molecule has 0 amide bonds. The Bertz CT molecular complexity index is 214. The predicted molar refractivity (Wildman–Crippen MR) is 46.2 cm³/mol. The lowest BCUT2D eigenvalue weighted by molar-refractivity contribution is -0.557. The Hall–Kier alpha value is -0.640. The average molecular weight is 223 g/mol. The molecule has 1 fully saturated rings. The van der Waals surface area contributed by atoms with Gasteiger partial charge in [-0.05, 0) is 0 Å². The molecule has 1 aliphatic heterocycles. The molecule has 1 rings (SSSR count). The fraction of sp³-hybridized carbons (Fsp3) is 1.00. The summed E-state index contributed by atoms with van der Waals surface area (Å²) in [5, 5.41) is 30.0. The summed E-state index contributed by atoms with van der Waals surface area (Å²) in [6.45, 7) is -0.223. The van der Waals surface area contributed by atoms with Crippen molar-refractivity contribution < 1.29 is 30.5 Å². The third-order valence-corrected chi connectivity index (χ3v) is 2.18. The molecule has 0 saturated carbocycles. The smallest absolute Gasteiger partial charge is 0.301 e. The second-order valence-corrected chi connectivity index (χ2v) is 3.31. The number of quaternary nitrogens is 1. The van der Waals surface area contributed by atoms with Crippen molar-refractivity contribution in [3.05, 3.63) is 4.91 Å². The van der Waals surface area contributed by atoms with E-state index in [1.165, 1.54) is 0 Å². The van der Waals surface area contributed by atoms with Gasteiger partial charge >= 0.3 is 6.41 Å². The minimum atomic E-state index is -1.27. The highest BCUT2D eigenvalue weighted by atomic mass is 16.6. The van der Waals surface area contributed by atoms with E-state index in [1.54, 1.807) is 0 Å². The molecule has 15 heavy (non-hydrogen) atoms. The van der Waals surface area contributed by atoms with Crippen molar-refractivity contribution in [1.82, 2.24) is 0 Å². The van der Waals surface area contributed by atoms with Gasteiger partial charge in [0.2, 0.25) is 0 Å². The number of ether oxygens (including phenoxy) is 2. The molecule has 5 unspecified atom stereocenters. The number of hydrogen-bond acceptors (Lipinski definition) is 7. The predicted octanol–water partition coefficient (Wildman–Crippen LogP) is -3.22. The fourth-order valence-corrected chi connectivity index (χ4v) is 1.35. The fourth-order valence-electron chi connectivity index (χ4n) is 1.35. The first-order chi connectivity index (χ1) is 7.06. The quantitative estimate of drug-likeness (QED) is 0.292. The van der Waals surface area contributed by atoms with Crippen molar-refractivity contribution in [3.63, 3.8) is 0 Å². The van der Waals surface area contributed by atoms with Crippen LogP contribution in [0.15, 0.2) is 5.18 Å². The molecule has 0 radical (unpaired) electrons. The molecule has 0 aromatic rings. The molecule has 1 heterocycles. The maximum absolute atomic E-state index is 10.4. The summed E-state index contributed by atoms with van der Waals surface area (Å²) in [5.41, 5.74) is 3.16. The molecule has 8 nitrogen and oxygen atoms in total. The lowest BCUT2D eigenvalue weighted by Crippen LogP contribution is -2.63. The van der Waals surface area contributed by atoms with Crippen molar-refractivity contribution in [2.45, 2.75) is 30.8 Å². The van der Waals surface area contributed by atoms with Crippen molar-refractivity contribution in [2.24, 2.45) is 5.18 Å². The van der Waals surface area contributed by atoms with Crippen molar-refractivity contribution in [3.8, 4) is 0 Å². The van der Waals surface area contributed by atoms with Crippen LogP contribution in [0.3, 0.4) is 0 Å². The number of aliphatic hydroxyl groups excluding tert-OH is 3. The van der Waals surface area contributed by atoms with E-state index in [4.69, 9.17) is 14.6 Å². The molecule has 8 heteroatoms. The highest BCUT2D eigenvalue weighted by Gasteiger charge is 2.40. The Morgan fingerprint density at radius 1 is 1.60 bits per heavy atom. The Kier molecular flexibility index (Phi) is 4.51. The molecule has 0 aromatic carbocycles. The number of nitrogens with zero attached hydrogens (tertiary/aromatic N) is 1. The van der Waals surface area contributed by atoms with Crippen LogP contribution in [0.25, 0.3) is 0 Å². The maximum atomic E-state index is 10.4. The first kappa shape index (κ1) is 12.4. The molecule has 0 aliphatic carbocycles. The Morgan fingerprint density at radius 3 is 2.80 bits per heavy atom. The number of nitroso groups, excluding NO2 is 1. The standard InChI is InChI=1S/C7H14N2O6/c8-7(12)15-2-4-5(9-13)6(11)3(10)1-14-4/h3-7,10-12H,1-2,8H2/p+1. The van der Waals surface area contributed by atoms with Crippen molar-refractivity contribution >= 4 is 0 Å². The molecule has 1 aliphatic rings. The van der Waals surface area contributed by atoms with Crippen molar-refractivity contribution in [2.75, 3.05) is 13.2 Å². The topological polar surface area (TPSA) is 136 Å². The summed E-state index contributed by atoms with van der Waals surface area (Å²) >= 11 is 0. The summed E-state index contributed by atoms with van der Waals surface area (Å²) in [6, 6.07) is -1.10. The second-order valence-electron chi connectivity index (χ2n) is 3.31. The highest BCUT2D eigenvalue weighted by Crippen LogP contribution is 2.18. The summed E-state index contributed by atoms with van der Waals surface area (Å²) in [4.78, 5) is 10.4. The van der Waals surface area contributed by atoms with Gasteiger partial charge in [-0.15, -0.1) is 0 Å². The molecule has 0 aromatic heterocycles. The van der Waals surface area contributed by atoms with Gasteiger partial charge in [0.25, 0.3) is 0 Å². The zero-order chi connectivity index (χ0) is 11.4. The average Bonchev–Trinajstić information content (AvgIpc) is 2.19. The van der Waals surface area contributed by atoms with Crippen LogP contribution in [-0.2, 0) is 9.47 Å². The molecule has 0 spiro atoms. The monoisotopic (exact) mass is 223 g/mol. The zero-order valence-electron chi connectivity index (χ0n) is 8.02. The van der Waals surface area contributed by atoms with Gasteiger partial charge in [0.15, 0.2) is 0 Å². The van der Waals surface area contributed by atoms with Crippen LogP contribution in [-0.4, -0.2) is 59.3 Å². The van der Waals surface area contributed by atoms with Crippen LogP contribution < -0.4 is 5.73 Å². The number of aliphatic hydroxyl groups is 3. The minimum Gasteiger partial charge on any atom is -0.388 e. The van der Waals surface area contributed by atoms with Gasteiger partial charge in [0.1, 0.15) is 24.4 Å². The van der Waals surface area contributed by atoms with Gasteiger partial charge in [-0.2, -0.15) is 4.91 Å². The van der Waals surface area contributed by atoms with E-state index in [-0.39, 0.29) is 13.2 Å². The Morgan fingerprint density at radius 2 is 2.27 bits per heavy atom. The van der Waals surface area contributed by atoms with E-state index in [1.807, 2.05) is 0 Å². The first-order valence-electron chi connectivity index (χ1n) is 4.49. The Labute approximate surface area is 85.6 Å². The lowest BCUT2D eigenvalue weighted by atomic mass is 9.98. The third kappa shape index (κ3) is 3.16. The molecule has 6 N–H and O–H groups in total. The van der Waals surface area contributed by atoms with Crippen molar-refractivity contribution in [1.29, 1.82) is 0 Å². The largest absolute Gasteiger partial charge is 0.388 e. The highest BCUT2D eigenvalue weighted by molar-refractivity contribution is 4.91. The van der Waals surface area contributed by atoms with Crippen LogP contribution in [0.4, 0.5) is 0 Å². The van der Waals surface area contributed by atoms with Crippen LogP contribution in [0, 0.1) is 4.91 Å². The third-order valence-electron chi connectivity index (χ3n) is 2.18. The van der Waals surface area contributed by atoms with Gasteiger partial charge < -0.3 is 30.5 Å². The number of rotatable bonds is 4. The SMILES string of the molecule is [NH3+]C(O)OCC1OCC(O)C(O)C1N=O. The molecule has 88 valence electrons. The molecule has 0 bridgehead atoms. The van der Waals surface area contributed by atoms with Gasteiger partial charge in [0.05, 0.1) is 13.2 Å². The molecular weight excluding hydrogens is 208 g/mol. The summed E-state index contributed by atoms with van der Waals surface area (Å²) in [7, 11) is 0. The van der Waals surface area contributed by atoms with Crippen LogP contribution in [0.5, 0.6) is 0 Å². The van der Waals surface area contributed by atoms with E-state index in [2.05, 4.69) is 10.9 Å². The van der Waals surface area contributed by atoms with Crippen LogP contribution in [0.1, 0.15) is 0 Å².